The Kier molecular flexibility index (Phi) is 5.78. The van der Waals surface area contributed by atoms with Gasteiger partial charge in [0.25, 0.3) is 0 Å². The monoisotopic (exact) mass is 614 g/mol. The molecule has 0 atom stereocenters. The standard InChI is InChI=1S/C44H26N2S/c1-3-12-27(13-4-1)30-19-11-20-35-36-25-24-33-31-16-7-8-17-32(31)38-26-29(22-23-34(38)40(33)43(36)47-42(30)35)44-45-39-21-10-9-18-37(39)41(46-44)28-14-5-2-6-15-28/h1-26H. The van der Waals surface area contributed by atoms with Crippen molar-refractivity contribution in [2.45, 2.75) is 0 Å². The maximum Gasteiger partial charge on any atom is 0.160 e. The van der Waals surface area contributed by atoms with Crippen molar-refractivity contribution in [2.24, 2.45) is 0 Å². The second-order valence-electron chi connectivity index (χ2n) is 12.1. The van der Waals surface area contributed by atoms with Crippen LogP contribution in [0, 0.1) is 0 Å². The molecule has 0 aliphatic rings. The first-order valence-corrected chi connectivity index (χ1v) is 16.7. The third-order valence-electron chi connectivity index (χ3n) is 9.46. The van der Waals surface area contributed by atoms with E-state index in [2.05, 4.69) is 146 Å². The molecule has 0 bridgehead atoms. The van der Waals surface area contributed by atoms with E-state index in [-0.39, 0.29) is 0 Å². The Morgan fingerprint density at radius 1 is 0.362 bits per heavy atom. The van der Waals surface area contributed by atoms with Crippen molar-refractivity contribution in [1.29, 1.82) is 0 Å². The highest BCUT2D eigenvalue weighted by molar-refractivity contribution is 7.27. The van der Waals surface area contributed by atoms with Gasteiger partial charge in [-0.25, -0.2) is 9.97 Å². The summed E-state index contributed by atoms with van der Waals surface area (Å²) in [6.45, 7) is 0. The summed E-state index contributed by atoms with van der Waals surface area (Å²) in [5.41, 5.74) is 6.54. The lowest BCUT2D eigenvalue weighted by Crippen LogP contribution is -1.95. The first kappa shape index (κ1) is 26.3. The maximum absolute atomic E-state index is 5.20. The average molecular weight is 615 g/mol. The van der Waals surface area contributed by atoms with Crippen LogP contribution in [0.3, 0.4) is 0 Å². The van der Waals surface area contributed by atoms with Gasteiger partial charge in [-0.2, -0.15) is 0 Å². The first-order valence-electron chi connectivity index (χ1n) is 15.9. The summed E-state index contributed by atoms with van der Waals surface area (Å²) in [7, 11) is 0. The number of hydrogen-bond acceptors (Lipinski definition) is 3. The number of hydrogen-bond donors (Lipinski definition) is 0. The molecule has 0 aliphatic heterocycles. The number of fused-ring (bicyclic) bond motifs is 11. The second-order valence-corrected chi connectivity index (χ2v) is 13.1. The predicted octanol–water partition coefficient (Wildman–Crippen LogP) is 12.5. The van der Waals surface area contributed by atoms with Crippen molar-refractivity contribution in [3.05, 3.63) is 158 Å². The summed E-state index contributed by atoms with van der Waals surface area (Å²) < 4.78 is 2.66. The molecule has 10 rings (SSSR count). The molecule has 0 saturated carbocycles. The zero-order valence-corrected chi connectivity index (χ0v) is 26.1. The molecule has 218 valence electrons. The van der Waals surface area contributed by atoms with Gasteiger partial charge < -0.3 is 0 Å². The molecular formula is C44H26N2S. The van der Waals surface area contributed by atoms with E-state index in [1.165, 1.54) is 63.6 Å². The lowest BCUT2D eigenvalue weighted by molar-refractivity contribution is 1.23. The van der Waals surface area contributed by atoms with Crippen LogP contribution in [-0.4, -0.2) is 9.97 Å². The quantitative estimate of drug-likeness (QED) is 0.185. The van der Waals surface area contributed by atoms with Gasteiger partial charge in [-0.05, 0) is 50.2 Å². The maximum atomic E-state index is 5.20. The normalized spacial score (nSPS) is 11.8. The van der Waals surface area contributed by atoms with Gasteiger partial charge in [0.15, 0.2) is 5.82 Å². The summed E-state index contributed by atoms with van der Waals surface area (Å²) in [6, 6.07) is 56.4. The Bertz CT molecular complexity index is 2840. The molecule has 2 nitrogen and oxygen atoms in total. The SMILES string of the molecule is c1ccc(-c2nc(-c3ccc4c(c3)c3ccccc3c3ccc5c6cccc(-c7ccccc7)c6sc5c34)nc3ccccc23)cc1. The predicted molar refractivity (Wildman–Crippen MR) is 201 cm³/mol. The van der Waals surface area contributed by atoms with Gasteiger partial charge in [0, 0.05) is 42.1 Å². The van der Waals surface area contributed by atoms with Crippen molar-refractivity contribution in [1.82, 2.24) is 9.97 Å². The molecule has 47 heavy (non-hydrogen) atoms. The van der Waals surface area contributed by atoms with E-state index in [0.717, 1.165) is 33.5 Å². The van der Waals surface area contributed by atoms with Crippen LogP contribution in [0.15, 0.2) is 158 Å². The number of thiophene rings is 1. The van der Waals surface area contributed by atoms with Gasteiger partial charge in [-0.3, -0.25) is 0 Å². The molecule has 8 aromatic carbocycles. The highest BCUT2D eigenvalue weighted by Gasteiger charge is 2.18. The molecule has 0 N–H and O–H groups in total. The molecule has 0 radical (unpaired) electrons. The molecule has 0 fully saturated rings. The summed E-state index contributed by atoms with van der Waals surface area (Å²) in [6.07, 6.45) is 0. The Hall–Kier alpha value is -5.90. The van der Waals surface area contributed by atoms with E-state index in [4.69, 9.17) is 9.97 Å². The third kappa shape index (κ3) is 4.04. The van der Waals surface area contributed by atoms with E-state index in [9.17, 15) is 0 Å². The largest absolute Gasteiger partial charge is 0.228 e. The molecule has 0 aliphatic carbocycles. The molecule has 2 aromatic heterocycles. The van der Waals surface area contributed by atoms with E-state index >= 15 is 0 Å². The Morgan fingerprint density at radius 2 is 0.957 bits per heavy atom. The Morgan fingerprint density at radius 3 is 1.77 bits per heavy atom. The van der Waals surface area contributed by atoms with Crippen LogP contribution in [0.5, 0.6) is 0 Å². The fourth-order valence-electron chi connectivity index (χ4n) is 7.30. The molecule has 0 spiro atoms. The van der Waals surface area contributed by atoms with E-state index < -0.39 is 0 Å². The lowest BCUT2D eigenvalue weighted by atomic mass is 9.92. The second kappa shape index (κ2) is 10.3. The minimum atomic E-state index is 0.737. The van der Waals surface area contributed by atoms with Gasteiger partial charge in [0.05, 0.1) is 11.2 Å². The number of benzene rings is 8. The van der Waals surface area contributed by atoms with Crippen LogP contribution in [0.1, 0.15) is 0 Å². The van der Waals surface area contributed by atoms with Gasteiger partial charge >= 0.3 is 0 Å². The van der Waals surface area contributed by atoms with Crippen molar-refractivity contribution in [3.8, 4) is 33.8 Å². The fourth-order valence-corrected chi connectivity index (χ4v) is 8.70. The lowest BCUT2D eigenvalue weighted by Gasteiger charge is -2.13. The number of nitrogens with zero attached hydrogens (tertiary/aromatic N) is 2. The van der Waals surface area contributed by atoms with Crippen molar-refractivity contribution >= 4 is 74.7 Å². The summed E-state index contributed by atoms with van der Waals surface area (Å²) >= 11 is 1.91. The molecule has 2 heterocycles. The highest BCUT2D eigenvalue weighted by Crippen LogP contribution is 2.47. The molecule has 3 heteroatoms. The Balaban J connectivity index is 1.28. The van der Waals surface area contributed by atoms with Crippen LogP contribution >= 0.6 is 11.3 Å². The zero-order chi connectivity index (χ0) is 30.9. The van der Waals surface area contributed by atoms with Crippen LogP contribution in [0.2, 0.25) is 0 Å². The van der Waals surface area contributed by atoms with E-state index in [0.29, 0.717) is 0 Å². The van der Waals surface area contributed by atoms with Crippen LogP contribution < -0.4 is 0 Å². The molecule has 0 saturated heterocycles. The van der Waals surface area contributed by atoms with Gasteiger partial charge in [-0.1, -0.05) is 146 Å². The Labute approximate surface area is 275 Å². The summed E-state index contributed by atoms with van der Waals surface area (Å²) in [4.78, 5) is 10.3. The summed E-state index contributed by atoms with van der Waals surface area (Å²) in [5, 5.41) is 11.3. The van der Waals surface area contributed by atoms with Gasteiger partial charge in [0.1, 0.15) is 0 Å². The van der Waals surface area contributed by atoms with Crippen LogP contribution in [0.25, 0.3) is 97.2 Å². The summed E-state index contributed by atoms with van der Waals surface area (Å²) in [5.74, 6) is 0.737. The first-order chi connectivity index (χ1) is 23.3. The van der Waals surface area contributed by atoms with Crippen LogP contribution in [0.4, 0.5) is 0 Å². The zero-order valence-electron chi connectivity index (χ0n) is 25.3. The van der Waals surface area contributed by atoms with Gasteiger partial charge in [-0.15, -0.1) is 11.3 Å². The smallest absolute Gasteiger partial charge is 0.160 e. The molecule has 10 aromatic rings. The van der Waals surface area contributed by atoms with Crippen molar-refractivity contribution < 1.29 is 0 Å². The van der Waals surface area contributed by atoms with E-state index in [1.54, 1.807) is 0 Å². The topological polar surface area (TPSA) is 25.8 Å². The highest BCUT2D eigenvalue weighted by atomic mass is 32.1. The van der Waals surface area contributed by atoms with Gasteiger partial charge in [0.2, 0.25) is 0 Å². The minimum Gasteiger partial charge on any atom is -0.228 e. The van der Waals surface area contributed by atoms with Crippen molar-refractivity contribution in [2.75, 3.05) is 0 Å². The van der Waals surface area contributed by atoms with Crippen LogP contribution in [-0.2, 0) is 0 Å². The number of aromatic nitrogens is 2. The van der Waals surface area contributed by atoms with E-state index in [1.807, 2.05) is 23.5 Å². The van der Waals surface area contributed by atoms with Crippen molar-refractivity contribution in [3.63, 3.8) is 0 Å². The molecular weight excluding hydrogens is 589 g/mol. The number of para-hydroxylation sites is 1. The molecule has 0 unspecified atom stereocenters. The molecule has 0 amide bonds. The average Bonchev–Trinajstić information content (AvgIpc) is 3.54. The third-order valence-corrected chi connectivity index (χ3v) is 10.7. The fraction of sp³-hybridized carbons (Fsp3) is 0. The number of rotatable bonds is 3. The minimum absolute atomic E-state index is 0.737.